The van der Waals surface area contributed by atoms with Crippen molar-refractivity contribution in [3.05, 3.63) is 147 Å². The molecule has 6 aliphatic rings. The van der Waals surface area contributed by atoms with E-state index >= 15 is 0 Å². The molecule has 82 heavy (non-hydrogen) atoms. The molecule has 0 radical (unpaired) electrons. The number of rotatable bonds is 13. The largest absolute Gasteiger partial charge is 0.504 e. The fourth-order valence-corrected chi connectivity index (χ4v) is 11.2. The molecule has 6 heterocycles. The summed E-state index contributed by atoms with van der Waals surface area (Å²) in [7, 11) is 7.86. The number of hydrogen-bond acceptors (Lipinski definition) is 14. The summed E-state index contributed by atoms with van der Waals surface area (Å²) in [4.78, 5) is 58.8. The van der Waals surface area contributed by atoms with Gasteiger partial charge in [0, 0.05) is 67.1 Å². The van der Waals surface area contributed by atoms with Crippen LogP contribution in [-0.2, 0) is 23.9 Å². The first kappa shape index (κ1) is 58.7. The van der Waals surface area contributed by atoms with E-state index in [2.05, 4.69) is 65.1 Å². The first-order chi connectivity index (χ1) is 39.7. The van der Waals surface area contributed by atoms with E-state index in [9.17, 15) is 19.5 Å². The fourth-order valence-electron chi connectivity index (χ4n) is 10.5. The Morgan fingerprint density at radius 1 is 0.463 bits per heavy atom. The van der Waals surface area contributed by atoms with Gasteiger partial charge in [-0.05, 0) is 111 Å². The topological polar surface area (TPSA) is 183 Å². The van der Waals surface area contributed by atoms with E-state index in [1.165, 1.54) is 41.0 Å². The first-order valence-corrected chi connectivity index (χ1v) is 29.0. The quantitative estimate of drug-likeness (QED) is 0.0874. The van der Waals surface area contributed by atoms with E-state index in [1.807, 2.05) is 79.4 Å². The molecule has 6 aliphatic heterocycles. The number of allylic oxidation sites excluding steroid dienone is 3. The number of benzene rings is 5. The maximum Gasteiger partial charge on any atom is 0.257 e. The maximum atomic E-state index is 13.5. The number of carbonyl (C=O) groups is 3. The Kier molecular flexibility index (Phi) is 18.9. The van der Waals surface area contributed by atoms with E-state index in [4.69, 9.17) is 33.2 Å². The van der Waals surface area contributed by atoms with Crippen molar-refractivity contribution in [2.24, 2.45) is 15.0 Å². The number of phenolic OH excluding ortho intramolecular Hbond substituents is 1. The van der Waals surface area contributed by atoms with Gasteiger partial charge in [0.2, 0.25) is 0 Å². The van der Waals surface area contributed by atoms with E-state index in [-0.39, 0.29) is 60.6 Å². The molecule has 3 amide bonds. The van der Waals surface area contributed by atoms with Gasteiger partial charge in [-0.25, -0.2) is 0 Å². The second-order valence-electron chi connectivity index (χ2n) is 20.1. The predicted molar refractivity (Wildman–Crippen MR) is 325 cm³/mol. The van der Waals surface area contributed by atoms with Crippen LogP contribution < -0.4 is 33.2 Å². The normalized spacial score (nSPS) is 19.6. The van der Waals surface area contributed by atoms with E-state index < -0.39 is 0 Å². The van der Waals surface area contributed by atoms with Gasteiger partial charge < -0.3 is 53.0 Å². The number of aliphatic imine (C=N–C) groups is 3. The average molecular weight is 1240 g/mol. The van der Waals surface area contributed by atoms with Crippen LogP contribution in [0.1, 0.15) is 93.4 Å². The van der Waals surface area contributed by atoms with Gasteiger partial charge in [-0.1, -0.05) is 72.9 Å². The van der Waals surface area contributed by atoms with Gasteiger partial charge in [0.25, 0.3) is 17.7 Å². The van der Waals surface area contributed by atoms with Crippen LogP contribution >= 0.6 is 31.9 Å². The van der Waals surface area contributed by atoms with Gasteiger partial charge in [-0.15, -0.1) is 0 Å². The molecule has 0 spiro atoms. The second-order valence-corrected chi connectivity index (χ2v) is 21.2. The predicted octanol–water partition coefficient (Wildman–Crippen LogP) is 12.4. The number of ether oxygens (including phenoxy) is 7. The second kappa shape index (κ2) is 26.3. The smallest absolute Gasteiger partial charge is 0.257 e. The zero-order valence-corrected chi connectivity index (χ0v) is 50.3. The Morgan fingerprint density at radius 2 is 0.805 bits per heavy atom. The lowest BCUT2D eigenvalue weighted by Crippen LogP contribution is -2.35. The van der Waals surface area contributed by atoms with Crippen molar-refractivity contribution in [1.29, 1.82) is 0 Å². The minimum absolute atomic E-state index is 0.00534. The van der Waals surface area contributed by atoms with Crippen molar-refractivity contribution in [3.63, 3.8) is 0 Å². The number of fused-ring (bicyclic) bond motifs is 6. The van der Waals surface area contributed by atoms with Crippen molar-refractivity contribution in [3.8, 4) is 46.0 Å². The van der Waals surface area contributed by atoms with Crippen LogP contribution in [0.25, 0.3) is 0 Å². The highest BCUT2D eigenvalue weighted by atomic mass is 79.9. The zero-order chi connectivity index (χ0) is 58.2. The molecule has 1 N–H and O–H groups in total. The van der Waals surface area contributed by atoms with Crippen molar-refractivity contribution in [2.75, 3.05) is 55.2 Å². The van der Waals surface area contributed by atoms with Gasteiger partial charge >= 0.3 is 0 Å². The summed E-state index contributed by atoms with van der Waals surface area (Å²) < 4.78 is 39.7. The van der Waals surface area contributed by atoms with Crippen LogP contribution in [0.5, 0.6) is 46.0 Å². The van der Waals surface area contributed by atoms with Crippen molar-refractivity contribution >= 4 is 85.3 Å². The number of aromatic hydroxyl groups is 1. The van der Waals surface area contributed by atoms with Crippen molar-refractivity contribution in [1.82, 2.24) is 14.7 Å². The number of hydrogen-bond donors (Lipinski definition) is 1. The average Bonchev–Trinajstić information content (AvgIpc) is 4.21. The molecular formula is C63H66Br2N6O11. The molecule has 0 saturated carbocycles. The highest BCUT2D eigenvalue weighted by molar-refractivity contribution is 9.08. The maximum absolute atomic E-state index is 13.5. The van der Waals surface area contributed by atoms with Gasteiger partial charge in [-0.2, -0.15) is 0 Å². The Balaban J connectivity index is 0.000000205. The minimum atomic E-state index is -0.0746. The third-order valence-electron chi connectivity index (χ3n) is 15.1. The highest BCUT2D eigenvalue weighted by Gasteiger charge is 2.37. The third kappa shape index (κ3) is 12.7. The lowest BCUT2D eigenvalue weighted by molar-refractivity contribution is 0.0769. The molecular weight excluding hydrogens is 1180 g/mol. The highest BCUT2D eigenvalue weighted by Crippen LogP contribution is 2.42. The Labute approximate surface area is 494 Å². The molecule has 428 valence electrons. The molecule has 5 aromatic rings. The molecule has 5 aromatic carbocycles. The Bertz CT molecular complexity index is 3270. The minimum Gasteiger partial charge on any atom is -0.504 e. The summed E-state index contributed by atoms with van der Waals surface area (Å²) in [5.41, 5.74) is 10.9. The molecule has 3 saturated heterocycles. The molecule has 0 aromatic heterocycles. The van der Waals surface area contributed by atoms with E-state index in [1.54, 1.807) is 69.9 Å². The first-order valence-electron chi connectivity index (χ1n) is 26.8. The van der Waals surface area contributed by atoms with Crippen LogP contribution in [0.3, 0.4) is 0 Å². The van der Waals surface area contributed by atoms with Gasteiger partial charge in [0.15, 0.2) is 34.5 Å². The number of nitrogens with zero attached hydrogens (tertiary/aromatic N) is 6. The number of carbonyl (C=O) groups excluding carboxylic acids is 3. The Hall–Kier alpha value is -7.90. The monoisotopic (exact) mass is 1240 g/mol. The third-order valence-corrected chi connectivity index (χ3v) is 16.4. The van der Waals surface area contributed by atoms with Crippen LogP contribution in [0.2, 0.25) is 0 Å². The number of phenols is 1. The summed E-state index contributed by atoms with van der Waals surface area (Å²) in [6.07, 6.45) is 14.0. The molecule has 19 heteroatoms. The van der Waals surface area contributed by atoms with Crippen LogP contribution in [0, 0.1) is 0 Å². The fraction of sp³-hybridized carbons (Fsp3) is 0.333. The number of halogens is 2. The molecule has 0 aliphatic carbocycles. The van der Waals surface area contributed by atoms with E-state index in [0.29, 0.717) is 82.1 Å². The van der Waals surface area contributed by atoms with Crippen LogP contribution in [0.15, 0.2) is 123 Å². The van der Waals surface area contributed by atoms with Crippen molar-refractivity contribution < 1.29 is 52.6 Å². The molecule has 3 atom stereocenters. The standard InChI is InChI=1S/C39H40N4O7.C15H16N2O3.C9H10Br2O/c1-6-23-9-27-17-40-32-15-36(34(47-4)13-30(32)38(44)42(27)19-23)49-21-25-8-26(12-29(11-25)46-3)22-50-37-16-33-31(14-35(37)48-5)39(45)43-20-24(7-2)10-28(43)18-41-33;1-3-9-4-10-7-16-12-6-13(18)14(20-2)5-11(12)15(19)17(10)8-9;1-12-9-3-7(5-10)2-8(4-9)6-11/h6-8,11-18,27-28H,9-10,19-22H2,1-5H3;3,5-7,10,18H,4,8H2,1-2H3;2-4H,5-6H2,1H3/b23-6+,24-7+;9-3+;/t27-,28-;10-;/m00./s1. The Morgan fingerprint density at radius 3 is 1.15 bits per heavy atom. The number of alkyl halides is 2. The summed E-state index contributed by atoms with van der Waals surface area (Å²) in [5.74, 6) is 3.45. The van der Waals surface area contributed by atoms with Gasteiger partial charge in [0.1, 0.15) is 24.7 Å². The summed E-state index contributed by atoms with van der Waals surface area (Å²) >= 11 is 6.83. The molecule has 11 rings (SSSR count). The number of amides is 3. The van der Waals surface area contributed by atoms with Crippen LogP contribution in [-0.4, -0.2) is 129 Å². The number of methoxy groups -OCH3 is 5. The molecule has 0 bridgehead atoms. The molecule has 17 nitrogen and oxygen atoms in total. The summed E-state index contributed by atoms with van der Waals surface area (Å²) in [6, 6.07) is 21.8. The van der Waals surface area contributed by atoms with Crippen molar-refractivity contribution in [2.45, 2.75) is 82.0 Å². The van der Waals surface area contributed by atoms with E-state index in [0.717, 1.165) is 46.8 Å². The van der Waals surface area contributed by atoms with Gasteiger partial charge in [-0.3, -0.25) is 29.4 Å². The molecule has 3 fully saturated rings. The van der Waals surface area contributed by atoms with Crippen LogP contribution in [0.4, 0.5) is 17.1 Å². The summed E-state index contributed by atoms with van der Waals surface area (Å²) in [6.45, 7) is 8.19. The van der Waals surface area contributed by atoms with Gasteiger partial charge in [0.05, 0.1) is 87.4 Å². The molecule has 0 unspecified atom stereocenters. The SMILES string of the molecule is C/C=C1\C[C@H]2C=Nc3cc(O)c(OC)cc3C(=O)N2C1.C/C=C1\C[C@H]2C=Nc3cc(OCc4cc(COc5cc6c(cc5OC)C(=O)N5C/C(=C/C)C[C@H]5C=N6)cc(OC)c4)c(OC)cc3C(=O)N2C1.COc1cc(CBr)cc(CBr)c1. The lowest BCUT2D eigenvalue weighted by atomic mass is 10.1. The zero-order valence-electron chi connectivity index (χ0n) is 47.2. The lowest BCUT2D eigenvalue weighted by Gasteiger charge is -2.20. The summed E-state index contributed by atoms with van der Waals surface area (Å²) in [5, 5.41) is 11.5.